The van der Waals surface area contributed by atoms with E-state index in [0.717, 1.165) is 25.3 Å². The van der Waals surface area contributed by atoms with Crippen molar-refractivity contribution in [2.75, 3.05) is 0 Å². The molecule has 5 aliphatic rings. The normalized spacial score (nSPS) is 42.4. The molecule has 4 aliphatic heterocycles. The average molecular weight is 422 g/mol. The number of fused-ring (bicyclic) bond motifs is 2. The van der Waals surface area contributed by atoms with E-state index in [1.54, 1.807) is 0 Å². The summed E-state index contributed by atoms with van der Waals surface area (Å²) in [5, 5.41) is 0. The number of carbonyl (C=O) groups is 1. The van der Waals surface area contributed by atoms with Crippen LogP contribution in [0.15, 0.2) is 18.2 Å². The summed E-state index contributed by atoms with van der Waals surface area (Å²) >= 11 is 0. The molecule has 7 heteroatoms. The largest absolute Gasteiger partial charge is 0.432 e. The number of carbonyl (C=O) groups excluding carboxylic acids is 1. The highest BCUT2D eigenvalue weighted by atomic mass is 19.1. The molecule has 4 saturated heterocycles. The Hall–Kier alpha value is -1.57. The predicted octanol–water partition coefficient (Wildman–Crippen LogP) is 4.68. The van der Waals surface area contributed by atoms with Crippen LogP contribution in [0, 0.1) is 35.3 Å². The van der Waals surface area contributed by atoms with Gasteiger partial charge in [-0.25, -0.2) is 18.6 Å². The quantitative estimate of drug-likeness (QED) is 0.521. The Morgan fingerprint density at radius 2 is 1.83 bits per heavy atom. The molecule has 0 amide bonds. The number of esters is 1. The van der Waals surface area contributed by atoms with Gasteiger partial charge in [-0.2, -0.15) is 0 Å². The highest BCUT2D eigenvalue weighted by Gasteiger charge is 2.70. The van der Waals surface area contributed by atoms with Crippen LogP contribution < -0.4 is 0 Å². The summed E-state index contributed by atoms with van der Waals surface area (Å²) in [6, 6.07) is 3.55. The second kappa shape index (κ2) is 7.24. The molecule has 4 heterocycles. The van der Waals surface area contributed by atoms with Crippen molar-refractivity contribution < 1.29 is 32.8 Å². The van der Waals surface area contributed by atoms with Crippen molar-refractivity contribution in [1.29, 1.82) is 0 Å². The number of rotatable bonds is 4. The van der Waals surface area contributed by atoms with Crippen LogP contribution in [-0.4, -0.2) is 23.6 Å². The van der Waals surface area contributed by atoms with Crippen LogP contribution in [0.5, 0.6) is 0 Å². The van der Waals surface area contributed by atoms with Crippen molar-refractivity contribution in [3.63, 3.8) is 0 Å². The van der Waals surface area contributed by atoms with Crippen LogP contribution in [0.1, 0.15) is 57.9 Å². The van der Waals surface area contributed by atoms with E-state index in [4.69, 9.17) is 19.2 Å². The SMILES string of the molecule is C[C@@H]1CC[C@H]2[C@@H](CCCc3cc(F)cc(F)c3)C(=O)O[C@@H]3O[C@]4(C)CC[C@@H]1[C@]32OO4. The standard InChI is InChI=1S/C23H28F2O5/c1-13-6-7-19-17(5-3-4-14-10-15(24)12-16(25)11-14)20(26)27-21-23(19)18(13)8-9-22(2,28-21)29-30-23/h10-13,17-19,21H,3-9H2,1-2H3/t13-,17-,18+,19+,21-,22+,23-/m1/s1. The van der Waals surface area contributed by atoms with Crippen molar-refractivity contribution >= 4 is 5.97 Å². The van der Waals surface area contributed by atoms with E-state index >= 15 is 0 Å². The lowest BCUT2D eigenvalue weighted by atomic mass is 9.57. The molecule has 1 spiro atoms. The number of halogens is 2. The summed E-state index contributed by atoms with van der Waals surface area (Å²) in [6.45, 7) is 4.05. The Labute approximate surface area is 174 Å². The molecule has 164 valence electrons. The summed E-state index contributed by atoms with van der Waals surface area (Å²) in [6.07, 6.45) is 4.38. The van der Waals surface area contributed by atoms with Gasteiger partial charge in [0.1, 0.15) is 11.6 Å². The monoisotopic (exact) mass is 422 g/mol. The maximum Gasteiger partial charge on any atom is 0.311 e. The number of benzene rings is 1. The van der Waals surface area contributed by atoms with Gasteiger partial charge >= 0.3 is 5.97 Å². The van der Waals surface area contributed by atoms with Crippen LogP contribution in [0.2, 0.25) is 0 Å². The zero-order chi connectivity index (χ0) is 21.1. The first-order valence-corrected chi connectivity index (χ1v) is 11.0. The molecule has 6 rings (SSSR count). The summed E-state index contributed by atoms with van der Waals surface area (Å²) in [7, 11) is 0. The Morgan fingerprint density at radius 1 is 1.07 bits per heavy atom. The van der Waals surface area contributed by atoms with Gasteiger partial charge in [-0.3, -0.25) is 4.79 Å². The molecular weight excluding hydrogens is 394 g/mol. The van der Waals surface area contributed by atoms with Gasteiger partial charge in [0.15, 0.2) is 5.60 Å². The van der Waals surface area contributed by atoms with Gasteiger partial charge in [0.05, 0.1) is 5.92 Å². The summed E-state index contributed by atoms with van der Waals surface area (Å²) in [5.41, 5.74) is -0.189. The van der Waals surface area contributed by atoms with Crippen LogP contribution in [-0.2, 0) is 30.5 Å². The molecular formula is C23H28F2O5. The Morgan fingerprint density at radius 3 is 2.60 bits per heavy atom. The minimum Gasteiger partial charge on any atom is -0.432 e. The fourth-order valence-corrected chi connectivity index (χ4v) is 6.22. The second-order valence-corrected chi connectivity index (χ2v) is 9.62. The first-order valence-electron chi connectivity index (χ1n) is 11.0. The number of aryl methyl sites for hydroxylation is 1. The van der Waals surface area contributed by atoms with Gasteiger partial charge in [0.25, 0.3) is 0 Å². The van der Waals surface area contributed by atoms with Crippen molar-refractivity contribution in [1.82, 2.24) is 0 Å². The molecule has 0 unspecified atom stereocenters. The molecule has 30 heavy (non-hydrogen) atoms. The van der Waals surface area contributed by atoms with E-state index in [1.807, 2.05) is 6.92 Å². The van der Waals surface area contributed by atoms with E-state index in [1.165, 1.54) is 12.1 Å². The first kappa shape index (κ1) is 20.3. The third-order valence-corrected chi connectivity index (χ3v) is 7.69. The maximum absolute atomic E-state index is 13.5. The smallest absolute Gasteiger partial charge is 0.311 e. The molecule has 1 saturated carbocycles. The fourth-order valence-electron chi connectivity index (χ4n) is 6.22. The van der Waals surface area contributed by atoms with Crippen LogP contribution in [0.4, 0.5) is 8.78 Å². The highest BCUT2D eigenvalue weighted by Crippen LogP contribution is 2.60. The van der Waals surface area contributed by atoms with Gasteiger partial charge in [-0.1, -0.05) is 6.92 Å². The third kappa shape index (κ3) is 3.17. The molecule has 0 aromatic heterocycles. The Kier molecular flexibility index (Phi) is 4.91. The molecule has 1 aromatic carbocycles. The minimum atomic E-state index is -0.897. The lowest BCUT2D eigenvalue weighted by Gasteiger charge is -2.58. The van der Waals surface area contributed by atoms with E-state index in [9.17, 15) is 13.6 Å². The lowest BCUT2D eigenvalue weighted by molar-refractivity contribution is -0.559. The topological polar surface area (TPSA) is 54.0 Å². The average Bonchev–Trinajstić information content (AvgIpc) is 2.90. The zero-order valence-corrected chi connectivity index (χ0v) is 17.4. The second-order valence-electron chi connectivity index (χ2n) is 9.62. The molecule has 0 radical (unpaired) electrons. The number of hydrogen-bond acceptors (Lipinski definition) is 5. The molecule has 1 aromatic rings. The highest BCUT2D eigenvalue weighted by molar-refractivity contribution is 5.74. The zero-order valence-electron chi connectivity index (χ0n) is 17.4. The van der Waals surface area contributed by atoms with Crippen molar-refractivity contribution in [3.8, 4) is 0 Å². The van der Waals surface area contributed by atoms with Crippen LogP contribution in [0.25, 0.3) is 0 Å². The maximum atomic E-state index is 13.5. The lowest BCUT2D eigenvalue weighted by Crippen LogP contribution is -2.70. The predicted molar refractivity (Wildman–Crippen MR) is 102 cm³/mol. The molecule has 5 nitrogen and oxygen atoms in total. The molecule has 0 N–H and O–H groups in total. The van der Waals surface area contributed by atoms with Crippen molar-refractivity contribution in [2.24, 2.45) is 23.7 Å². The van der Waals surface area contributed by atoms with Crippen LogP contribution >= 0.6 is 0 Å². The first-order chi connectivity index (χ1) is 14.3. The van der Waals surface area contributed by atoms with Gasteiger partial charge < -0.3 is 9.47 Å². The van der Waals surface area contributed by atoms with Gasteiger partial charge in [-0.15, -0.1) is 0 Å². The van der Waals surface area contributed by atoms with Gasteiger partial charge in [0.2, 0.25) is 12.1 Å². The summed E-state index contributed by atoms with van der Waals surface area (Å²) < 4.78 is 38.9. The molecule has 5 fully saturated rings. The third-order valence-electron chi connectivity index (χ3n) is 7.69. The van der Waals surface area contributed by atoms with E-state index in [0.29, 0.717) is 37.2 Å². The molecule has 2 bridgehead atoms. The van der Waals surface area contributed by atoms with Crippen molar-refractivity contribution in [2.45, 2.75) is 76.5 Å². The summed E-state index contributed by atoms with van der Waals surface area (Å²) in [5.74, 6) is -2.12. The fraction of sp³-hybridized carbons (Fsp3) is 0.696. The Balaban J connectivity index is 1.37. The van der Waals surface area contributed by atoms with Crippen molar-refractivity contribution in [3.05, 3.63) is 35.4 Å². The van der Waals surface area contributed by atoms with E-state index < -0.39 is 29.3 Å². The van der Waals surface area contributed by atoms with Gasteiger partial charge in [-0.05, 0) is 69.1 Å². The number of ether oxygens (including phenoxy) is 2. The van der Waals surface area contributed by atoms with Crippen LogP contribution in [0.3, 0.4) is 0 Å². The van der Waals surface area contributed by atoms with E-state index in [2.05, 4.69) is 6.92 Å². The minimum absolute atomic E-state index is 0.0585. The number of hydrogen-bond donors (Lipinski definition) is 0. The molecule has 7 atom stereocenters. The van der Waals surface area contributed by atoms with Gasteiger partial charge in [0, 0.05) is 24.3 Å². The Bertz CT molecular complexity index is 827. The molecule has 1 aliphatic carbocycles. The van der Waals surface area contributed by atoms with E-state index in [-0.39, 0.29) is 23.7 Å². The summed E-state index contributed by atoms with van der Waals surface area (Å²) in [4.78, 5) is 24.8.